The third kappa shape index (κ3) is 3.60. The normalized spacial score (nSPS) is 16.3. The third-order valence-electron chi connectivity index (χ3n) is 2.97. The number of aliphatic carboxylic acids is 1. The molecular weight excluding hydrogens is 296 g/mol. The van der Waals surface area contributed by atoms with Crippen molar-refractivity contribution in [3.8, 4) is 5.75 Å². The highest BCUT2D eigenvalue weighted by Gasteiger charge is 2.17. The van der Waals surface area contributed by atoms with Crippen molar-refractivity contribution < 1.29 is 14.6 Å². The van der Waals surface area contributed by atoms with E-state index in [0.717, 1.165) is 34.7 Å². The number of rotatable bonds is 4. The smallest absolute Gasteiger partial charge is 0.328 e. The summed E-state index contributed by atoms with van der Waals surface area (Å²) < 4.78 is 6.76. The Morgan fingerprint density at radius 3 is 2.72 bits per heavy atom. The second-order valence-electron chi connectivity index (χ2n) is 4.39. The molecule has 1 N–H and O–H groups in total. The fraction of sp³-hybridized carbons (Fsp3) is 0.357. The Bertz CT molecular complexity index is 462. The Labute approximate surface area is 115 Å². The van der Waals surface area contributed by atoms with Gasteiger partial charge in [0, 0.05) is 6.08 Å². The summed E-state index contributed by atoms with van der Waals surface area (Å²) in [4.78, 5) is 10.4. The fourth-order valence-corrected chi connectivity index (χ4v) is 2.56. The van der Waals surface area contributed by atoms with Crippen molar-refractivity contribution in [2.45, 2.75) is 31.8 Å². The molecule has 0 amide bonds. The van der Waals surface area contributed by atoms with E-state index in [9.17, 15) is 4.79 Å². The van der Waals surface area contributed by atoms with Gasteiger partial charge in [-0.2, -0.15) is 0 Å². The van der Waals surface area contributed by atoms with Gasteiger partial charge in [0.25, 0.3) is 0 Å². The summed E-state index contributed by atoms with van der Waals surface area (Å²) in [5.41, 5.74) is 0.836. The minimum atomic E-state index is -0.947. The van der Waals surface area contributed by atoms with Crippen molar-refractivity contribution in [1.82, 2.24) is 0 Å². The quantitative estimate of drug-likeness (QED) is 0.859. The molecule has 1 aromatic rings. The van der Waals surface area contributed by atoms with Crippen LogP contribution in [0.15, 0.2) is 28.7 Å². The number of halogens is 1. The van der Waals surface area contributed by atoms with E-state index in [-0.39, 0.29) is 0 Å². The van der Waals surface area contributed by atoms with Crippen molar-refractivity contribution >= 4 is 28.0 Å². The van der Waals surface area contributed by atoms with E-state index in [1.807, 2.05) is 18.2 Å². The summed E-state index contributed by atoms with van der Waals surface area (Å²) in [6.45, 7) is 0. The van der Waals surface area contributed by atoms with Crippen LogP contribution in [-0.4, -0.2) is 17.2 Å². The summed E-state index contributed by atoms with van der Waals surface area (Å²) >= 11 is 3.46. The van der Waals surface area contributed by atoms with Gasteiger partial charge in [-0.05, 0) is 65.4 Å². The molecule has 1 fully saturated rings. The molecule has 96 valence electrons. The average Bonchev–Trinajstić information content (AvgIpc) is 2.82. The standard InChI is InChI=1S/C14H15BrO3/c15-12-9-10(6-8-14(16)17)5-7-13(12)18-11-3-1-2-4-11/h5-9,11H,1-4H2,(H,16,17). The van der Waals surface area contributed by atoms with Gasteiger partial charge in [-0.3, -0.25) is 0 Å². The molecule has 4 heteroatoms. The SMILES string of the molecule is O=C(O)C=Cc1ccc(OC2CCCC2)c(Br)c1. The lowest BCUT2D eigenvalue weighted by Gasteiger charge is -2.14. The predicted molar refractivity (Wildman–Crippen MR) is 73.7 cm³/mol. The van der Waals surface area contributed by atoms with Crippen molar-refractivity contribution in [3.05, 3.63) is 34.3 Å². The first kappa shape index (κ1) is 13.1. The van der Waals surface area contributed by atoms with E-state index < -0.39 is 5.97 Å². The summed E-state index contributed by atoms with van der Waals surface area (Å²) in [5, 5.41) is 8.57. The lowest BCUT2D eigenvalue weighted by atomic mass is 10.2. The zero-order valence-electron chi connectivity index (χ0n) is 9.93. The van der Waals surface area contributed by atoms with Crippen LogP contribution in [0, 0.1) is 0 Å². The highest BCUT2D eigenvalue weighted by Crippen LogP contribution is 2.30. The Balaban J connectivity index is 2.06. The molecule has 0 heterocycles. The first-order valence-corrected chi connectivity index (χ1v) is 6.81. The van der Waals surface area contributed by atoms with Crippen LogP contribution in [0.25, 0.3) is 6.08 Å². The molecule has 1 aliphatic rings. The van der Waals surface area contributed by atoms with E-state index in [4.69, 9.17) is 9.84 Å². The number of carboxylic acid groups (broad SMARTS) is 1. The average molecular weight is 311 g/mol. The maximum absolute atomic E-state index is 10.4. The van der Waals surface area contributed by atoms with Crippen molar-refractivity contribution in [3.63, 3.8) is 0 Å². The van der Waals surface area contributed by atoms with Crippen LogP contribution in [-0.2, 0) is 4.79 Å². The van der Waals surface area contributed by atoms with Crippen LogP contribution in [0.1, 0.15) is 31.2 Å². The van der Waals surface area contributed by atoms with Crippen LogP contribution in [0.4, 0.5) is 0 Å². The molecule has 0 spiro atoms. The summed E-state index contributed by atoms with van der Waals surface area (Å²) in [7, 11) is 0. The highest BCUT2D eigenvalue weighted by atomic mass is 79.9. The van der Waals surface area contributed by atoms with E-state index in [1.54, 1.807) is 6.08 Å². The maximum Gasteiger partial charge on any atom is 0.328 e. The molecule has 0 saturated heterocycles. The molecule has 0 unspecified atom stereocenters. The Hall–Kier alpha value is -1.29. The van der Waals surface area contributed by atoms with Crippen LogP contribution < -0.4 is 4.74 Å². The van der Waals surface area contributed by atoms with Crippen molar-refractivity contribution in [2.75, 3.05) is 0 Å². The molecule has 3 nitrogen and oxygen atoms in total. The predicted octanol–water partition coefficient (Wildman–Crippen LogP) is 3.87. The number of carbonyl (C=O) groups is 1. The lowest BCUT2D eigenvalue weighted by Crippen LogP contribution is -2.11. The van der Waals surface area contributed by atoms with Crippen molar-refractivity contribution in [2.24, 2.45) is 0 Å². The first-order chi connectivity index (χ1) is 8.65. The van der Waals surface area contributed by atoms with E-state index in [1.165, 1.54) is 12.8 Å². The van der Waals surface area contributed by atoms with E-state index in [0.29, 0.717) is 6.10 Å². The molecule has 0 aliphatic heterocycles. The summed E-state index contributed by atoms with van der Waals surface area (Å²) in [5.74, 6) is -0.119. The fourth-order valence-electron chi connectivity index (χ4n) is 2.07. The van der Waals surface area contributed by atoms with E-state index in [2.05, 4.69) is 15.9 Å². The molecule has 0 atom stereocenters. The molecule has 0 bridgehead atoms. The Morgan fingerprint density at radius 2 is 2.11 bits per heavy atom. The monoisotopic (exact) mass is 310 g/mol. The number of hydrogen-bond acceptors (Lipinski definition) is 2. The maximum atomic E-state index is 10.4. The van der Waals surface area contributed by atoms with Gasteiger partial charge in [-0.25, -0.2) is 4.79 Å². The Morgan fingerprint density at radius 1 is 1.39 bits per heavy atom. The lowest BCUT2D eigenvalue weighted by molar-refractivity contribution is -0.131. The van der Waals surface area contributed by atoms with Gasteiger partial charge in [-0.1, -0.05) is 6.07 Å². The van der Waals surface area contributed by atoms with Gasteiger partial charge in [0.15, 0.2) is 0 Å². The molecule has 0 radical (unpaired) electrons. The Kier molecular flexibility index (Phi) is 4.42. The summed E-state index contributed by atoms with van der Waals surface area (Å²) in [6, 6.07) is 5.60. The summed E-state index contributed by atoms with van der Waals surface area (Å²) in [6.07, 6.45) is 7.72. The van der Waals surface area contributed by atoms with Crippen molar-refractivity contribution in [1.29, 1.82) is 0 Å². The zero-order valence-corrected chi connectivity index (χ0v) is 11.5. The highest BCUT2D eigenvalue weighted by molar-refractivity contribution is 9.10. The van der Waals surface area contributed by atoms with Crippen LogP contribution >= 0.6 is 15.9 Å². The van der Waals surface area contributed by atoms with Gasteiger partial charge in [0.05, 0.1) is 10.6 Å². The molecule has 1 saturated carbocycles. The molecule has 1 aliphatic carbocycles. The molecular formula is C14H15BrO3. The van der Waals surface area contributed by atoms with Gasteiger partial charge >= 0.3 is 5.97 Å². The topological polar surface area (TPSA) is 46.5 Å². The number of ether oxygens (including phenoxy) is 1. The van der Waals surface area contributed by atoms with Crippen LogP contribution in [0.5, 0.6) is 5.75 Å². The van der Waals surface area contributed by atoms with Gasteiger partial charge in [-0.15, -0.1) is 0 Å². The first-order valence-electron chi connectivity index (χ1n) is 6.02. The van der Waals surface area contributed by atoms with Gasteiger partial charge < -0.3 is 9.84 Å². The number of hydrogen-bond donors (Lipinski definition) is 1. The van der Waals surface area contributed by atoms with Crippen LogP contribution in [0.2, 0.25) is 0 Å². The molecule has 1 aromatic carbocycles. The number of benzene rings is 1. The molecule has 18 heavy (non-hydrogen) atoms. The zero-order chi connectivity index (χ0) is 13.0. The van der Waals surface area contributed by atoms with E-state index >= 15 is 0 Å². The largest absolute Gasteiger partial charge is 0.489 e. The molecule has 2 rings (SSSR count). The van der Waals surface area contributed by atoms with Crippen LogP contribution in [0.3, 0.4) is 0 Å². The third-order valence-corrected chi connectivity index (χ3v) is 3.59. The minimum absolute atomic E-state index is 0.321. The molecule has 0 aromatic heterocycles. The number of carboxylic acids is 1. The van der Waals surface area contributed by atoms with Gasteiger partial charge in [0.2, 0.25) is 0 Å². The van der Waals surface area contributed by atoms with Gasteiger partial charge in [0.1, 0.15) is 5.75 Å². The minimum Gasteiger partial charge on any atom is -0.489 e. The second kappa shape index (κ2) is 6.05. The second-order valence-corrected chi connectivity index (χ2v) is 5.24.